The van der Waals surface area contributed by atoms with E-state index in [1.807, 2.05) is 26.0 Å². The summed E-state index contributed by atoms with van der Waals surface area (Å²) < 4.78 is 11.0. The first-order valence-corrected chi connectivity index (χ1v) is 7.70. The summed E-state index contributed by atoms with van der Waals surface area (Å²) in [5, 5.41) is 13.8. The minimum Gasteiger partial charge on any atom is -0.490 e. The molecule has 0 aliphatic heterocycles. The molecule has 21 heavy (non-hydrogen) atoms. The number of benzene rings is 1. The second kappa shape index (κ2) is 9.26. The lowest BCUT2D eigenvalue weighted by molar-refractivity contribution is -0.0124. The normalized spacial score (nSPS) is 13.0. The highest BCUT2D eigenvalue weighted by Gasteiger charge is 2.10. The molecule has 0 bridgehead atoms. The van der Waals surface area contributed by atoms with Gasteiger partial charge in [0.25, 0.3) is 0 Å². The summed E-state index contributed by atoms with van der Waals surface area (Å²) in [6.07, 6.45) is -0.546. The van der Waals surface area contributed by atoms with Gasteiger partial charge in [0.2, 0.25) is 0 Å². The van der Waals surface area contributed by atoms with Crippen molar-refractivity contribution in [2.24, 2.45) is 0 Å². The lowest BCUT2D eigenvalue weighted by Crippen LogP contribution is -2.26. The molecule has 1 atom stereocenters. The molecule has 0 heterocycles. The van der Waals surface area contributed by atoms with E-state index < -0.39 is 6.10 Å². The third-order valence-electron chi connectivity index (χ3n) is 2.78. The molecular formula is C16H26ClNO3. The monoisotopic (exact) mass is 315 g/mol. The van der Waals surface area contributed by atoms with Crippen LogP contribution in [0.2, 0.25) is 5.02 Å². The average Bonchev–Trinajstić information content (AvgIpc) is 2.41. The van der Waals surface area contributed by atoms with Gasteiger partial charge in [-0.05, 0) is 32.0 Å². The van der Waals surface area contributed by atoms with Crippen molar-refractivity contribution in [3.63, 3.8) is 0 Å². The zero-order valence-corrected chi connectivity index (χ0v) is 14.0. The Hall–Kier alpha value is -0.810. The maximum atomic E-state index is 9.83. The van der Waals surface area contributed by atoms with Gasteiger partial charge >= 0.3 is 0 Å². The van der Waals surface area contributed by atoms with E-state index in [1.54, 1.807) is 6.07 Å². The maximum absolute atomic E-state index is 9.83. The Morgan fingerprint density at radius 3 is 2.52 bits per heavy atom. The van der Waals surface area contributed by atoms with Gasteiger partial charge in [-0.25, -0.2) is 0 Å². The molecule has 5 heteroatoms. The fraction of sp³-hybridized carbons (Fsp3) is 0.625. The number of ether oxygens (including phenoxy) is 2. The molecule has 0 aliphatic rings. The van der Waals surface area contributed by atoms with E-state index in [1.165, 1.54) is 0 Å². The number of aliphatic hydroxyl groups is 1. The maximum Gasteiger partial charge on any atom is 0.124 e. The molecular weight excluding hydrogens is 290 g/mol. The van der Waals surface area contributed by atoms with E-state index in [2.05, 4.69) is 19.2 Å². The number of aliphatic hydroxyl groups excluding tert-OH is 1. The van der Waals surface area contributed by atoms with Crippen LogP contribution in [0, 0.1) is 0 Å². The molecule has 120 valence electrons. The molecule has 0 amide bonds. The Kier molecular flexibility index (Phi) is 8.04. The van der Waals surface area contributed by atoms with Gasteiger partial charge in [-0.2, -0.15) is 0 Å². The van der Waals surface area contributed by atoms with Crippen molar-refractivity contribution in [3.05, 3.63) is 28.8 Å². The Labute approximate surface area is 132 Å². The Balaban J connectivity index is 2.56. The zero-order chi connectivity index (χ0) is 15.8. The number of hydrogen-bond donors (Lipinski definition) is 2. The molecule has 0 saturated carbocycles. The van der Waals surface area contributed by atoms with Crippen molar-refractivity contribution in [2.45, 2.75) is 52.5 Å². The topological polar surface area (TPSA) is 50.7 Å². The Bertz CT molecular complexity index is 424. The van der Waals surface area contributed by atoms with Crippen LogP contribution < -0.4 is 10.1 Å². The number of nitrogens with one attached hydrogen (secondary N) is 1. The van der Waals surface area contributed by atoms with Gasteiger partial charge in [-0.3, -0.25) is 0 Å². The average molecular weight is 316 g/mol. The lowest BCUT2D eigenvalue weighted by Gasteiger charge is -2.17. The summed E-state index contributed by atoms with van der Waals surface area (Å²) in [4.78, 5) is 0. The van der Waals surface area contributed by atoms with Gasteiger partial charge in [0, 0.05) is 23.2 Å². The first kappa shape index (κ1) is 18.2. The second-order valence-corrected chi connectivity index (χ2v) is 6.07. The summed E-state index contributed by atoms with van der Waals surface area (Å²) in [6, 6.07) is 5.87. The molecule has 0 fully saturated rings. The summed E-state index contributed by atoms with van der Waals surface area (Å²) in [7, 11) is 0. The van der Waals surface area contributed by atoms with Gasteiger partial charge in [-0.15, -0.1) is 0 Å². The highest BCUT2D eigenvalue weighted by molar-refractivity contribution is 6.30. The molecule has 0 aliphatic carbocycles. The molecule has 2 N–H and O–H groups in total. The predicted octanol–water partition coefficient (Wildman–Crippen LogP) is 3.00. The summed E-state index contributed by atoms with van der Waals surface area (Å²) in [5.41, 5.74) is 0.980. The quantitative estimate of drug-likeness (QED) is 0.735. The molecule has 1 aromatic rings. The number of halogens is 1. The van der Waals surface area contributed by atoms with Crippen LogP contribution in [0.25, 0.3) is 0 Å². The molecule has 0 saturated heterocycles. The number of rotatable bonds is 9. The highest BCUT2D eigenvalue weighted by atomic mass is 35.5. The molecule has 4 nitrogen and oxygen atoms in total. The summed E-state index contributed by atoms with van der Waals surface area (Å²) in [5.74, 6) is 0.733. The van der Waals surface area contributed by atoms with Crippen molar-refractivity contribution < 1.29 is 14.6 Å². The van der Waals surface area contributed by atoms with E-state index in [-0.39, 0.29) is 19.3 Å². The van der Waals surface area contributed by atoms with Gasteiger partial charge < -0.3 is 19.9 Å². The Morgan fingerprint density at radius 1 is 1.19 bits per heavy atom. The van der Waals surface area contributed by atoms with Crippen molar-refractivity contribution in [3.8, 4) is 5.75 Å². The third-order valence-corrected chi connectivity index (χ3v) is 3.01. The van der Waals surface area contributed by atoms with E-state index >= 15 is 0 Å². The Morgan fingerprint density at radius 2 is 1.90 bits per heavy atom. The predicted molar refractivity (Wildman–Crippen MR) is 86.0 cm³/mol. The molecule has 1 rings (SSSR count). The van der Waals surface area contributed by atoms with Crippen LogP contribution in [0.5, 0.6) is 5.75 Å². The second-order valence-electron chi connectivity index (χ2n) is 5.63. The minimum absolute atomic E-state index is 0.0981. The van der Waals surface area contributed by atoms with Gasteiger partial charge in [-0.1, -0.05) is 25.4 Å². The van der Waals surface area contributed by atoms with Crippen LogP contribution in [0.1, 0.15) is 33.3 Å². The first-order valence-electron chi connectivity index (χ1n) is 7.32. The standard InChI is InChI=1S/C16H26ClNO3/c1-11(2)18-8-13-7-14(17)5-6-16(13)21-10-15(19)9-20-12(3)4/h5-7,11-12,15,18-19H,8-10H2,1-4H3. The number of hydrogen-bond acceptors (Lipinski definition) is 4. The van der Waals surface area contributed by atoms with Crippen LogP contribution in [-0.4, -0.2) is 36.6 Å². The fourth-order valence-electron chi connectivity index (χ4n) is 1.68. The van der Waals surface area contributed by atoms with Crippen molar-refractivity contribution >= 4 is 11.6 Å². The molecule has 0 radical (unpaired) electrons. The first-order chi connectivity index (χ1) is 9.88. The largest absolute Gasteiger partial charge is 0.490 e. The molecule has 0 spiro atoms. The zero-order valence-electron chi connectivity index (χ0n) is 13.2. The van der Waals surface area contributed by atoms with Crippen LogP contribution in [0.15, 0.2) is 18.2 Å². The van der Waals surface area contributed by atoms with E-state index in [0.29, 0.717) is 17.6 Å². The fourth-order valence-corrected chi connectivity index (χ4v) is 1.87. The highest BCUT2D eigenvalue weighted by Crippen LogP contribution is 2.23. The van der Waals surface area contributed by atoms with Gasteiger partial charge in [0.15, 0.2) is 0 Å². The van der Waals surface area contributed by atoms with Crippen LogP contribution in [0.3, 0.4) is 0 Å². The van der Waals surface area contributed by atoms with E-state index in [9.17, 15) is 5.11 Å². The van der Waals surface area contributed by atoms with Crippen LogP contribution >= 0.6 is 11.6 Å². The molecule has 0 aromatic heterocycles. The SMILES string of the molecule is CC(C)NCc1cc(Cl)ccc1OCC(O)COC(C)C. The molecule has 1 unspecified atom stereocenters. The van der Waals surface area contributed by atoms with Crippen molar-refractivity contribution in [2.75, 3.05) is 13.2 Å². The van der Waals surface area contributed by atoms with Crippen LogP contribution in [0.4, 0.5) is 0 Å². The molecule has 1 aromatic carbocycles. The summed E-state index contributed by atoms with van der Waals surface area (Å²) >= 11 is 6.03. The minimum atomic E-state index is -0.644. The lowest BCUT2D eigenvalue weighted by atomic mass is 10.2. The third kappa shape index (κ3) is 7.67. The van der Waals surface area contributed by atoms with Crippen LogP contribution in [-0.2, 0) is 11.3 Å². The van der Waals surface area contributed by atoms with E-state index in [4.69, 9.17) is 21.1 Å². The van der Waals surface area contributed by atoms with Gasteiger partial charge in [0.1, 0.15) is 18.5 Å². The smallest absolute Gasteiger partial charge is 0.124 e. The van der Waals surface area contributed by atoms with Crippen molar-refractivity contribution in [1.29, 1.82) is 0 Å². The van der Waals surface area contributed by atoms with Gasteiger partial charge in [0.05, 0.1) is 12.7 Å². The summed E-state index contributed by atoms with van der Waals surface area (Å²) in [6.45, 7) is 9.17. The van der Waals surface area contributed by atoms with E-state index in [0.717, 1.165) is 11.3 Å². The van der Waals surface area contributed by atoms with Crippen molar-refractivity contribution in [1.82, 2.24) is 5.32 Å².